The third-order valence-electron chi connectivity index (χ3n) is 4.92. The second kappa shape index (κ2) is 11.4. The molecule has 0 aliphatic rings. The van der Waals surface area contributed by atoms with E-state index >= 15 is 0 Å². The maximum Gasteiger partial charge on any atom is 0.307 e. The minimum atomic E-state index is -0.493. The van der Waals surface area contributed by atoms with Gasteiger partial charge in [-0.2, -0.15) is 5.10 Å². The molecule has 4 aromatic rings. The van der Waals surface area contributed by atoms with Crippen LogP contribution >= 0.6 is 31.9 Å². The van der Waals surface area contributed by atoms with Crippen molar-refractivity contribution in [3.05, 3.63) is 96.6 Å². The van der Waals surface area contributed by atoms with Crippen molar-refractivity contribution in [2.75, 3.05) is 6.61 Å². The normalized spacial score (nSPS) is 11.1. The molecule has 0 unspecified atom stereocenters. The van der Waals surface area contributed by atoms with Crippen LogP contribution in [0.25, 0.3) is 11.0 Å². The summed E-state index contributed by atoms with van der Waals surface area (Å²) in [6.07, 6.45) is 1.47. The van der Waals surface area contributed by atoms with E-state index in [0.717, 1.165) is 14.3 Å². The number of nitrogens with one attached hydrogen (secondary N) is 1. The van der Waals surface area contributed by atoms with Crippen LogP contribution in [-0.4, -0.2) is 23.7 Å². The van der Waals surface area contributed by atoms with Crippen LogP contribution in [0.1, 0.15) is 28.6 Å². The number of fused-ring (bicyclic) bond motifs is 1. The van der Waals surface area contributed by atoms with Crippen molar-refractivity contribution >= 4 is 60.6 Å². The number of nitro groups is 1. The van der Waals surface area contributed by atoms with Gasteiger partial charge < -0.3 is 13.9 Å². The first-order chi connectivity index (χ1) is 17.3. The molecule has 0 atom stereocenters. The summed E-state index contributed by atoms with van der Waals surface area (Å²) in [7, 11) is 0. The molecule has 184 valence electrons. The summed E-state index contributed by atoms with van der Waals surface area (Å²) >= 11 is 6.83. The molecule has 0 aliphatic carbocycles. The molecule has 0 saturated heterocycles. The van der Waals surface area contributed by atoms with Crippen molar-refractivity contribution in [2.24, 2.45) is 5.10 Å². The highest BCUT2D eigenvalue weighted by Crippen LogP contribution is 2.31. The number of hydrogen-bond acceptors (Lipinski definition) is 7. The van der Waals surface area contributed by atoms with Crippen molar-refractivity contribution in [3.8, 4) is 11.5 Å². The third kappa shape index (κ3) is 6.10. The lowest BCUT2D eigenvalue weighted by molar-refractivity contribution is -0.384. The first-order valence-electron chi connectivity index (χ1n) is 10.7. The minimum absolute atomic E-state index is 0.00195. The van der Waals surface area contributed by atoms with E-state index in [1.54, 1.807) is 36.4 Å². The second-order valence-electron chi connectivity index (χ2n) is 7.47. The van der Waals surface area contributed by atoms with Crippen molar-refractivity contribution in [1.29, 1.82) is 0 Å². The summed E-state index contributed by atoms with van der Waals surface area (Å²) in [4.78, 5) is 23.0. The number of furan rings is 1. The topological polar surface area (TPSA) is 116 Å². The SMILES string of the molecule is CCOc1cc(/C=N\NC(=O)c2cc3cc(Br)cc(Br)c3o2)ccc1OCc1cccc([N+](=O)[O-])c1. The van der Waals surface area contributed by atoms with E-state index in [9.17, 15) is 14.9 Å². The second-order valence-corrected chi connectivity index (χ2v) is 9.24. The van der Waals surface area contributed by atoms with E-state index in [4.69, 9.17) is 13.9 Å². The number of hydrazone groups is 1. The highest BCUT2D eigenvalue weighted by molar-refractivity contribution is 9.11. The van der Waals surface area contributed by atoms with Crippen LogP contribution in [0.4, 0.5) is 5.69 Å². The molecular weight excluding hydrogens is 598 g/mol. The van der Waals surface area contributed by atoms with Gasteiger partial charge in [0.2, 0.25) is 0 Å². The molecule has 0 saturated carbocycles. The Hall–Kier alpha value is -3.70. The number of ether oxygens (including phenoxy) is 2. The number of rotatable bonds is 9. The lowest BCUT2D eigenvalue weighted by Crippen LogP contribution is -2.16. The van der Waals surface area contributed by atoms with Crippen molar-refractivity contribution in [1.82, 2.24) is 5.43 Å². The van der Waals surface area contributed by atoms with Crippen molar-refractivity contribution in [3.63, 3.8) is 0 Å². The van der Waals surface area contributed by atoms with Gasteiger partial charge in [0.05, 0.1) is 22.2 Å². The van der Waals surface area contributed by atoms with Gasteiger partial charge in [-0.05, 0) is 70.4 Å². The van der Waals surface area contributed by atoms with Gasteiger partial charge in [-0.15, -0.1) is 0 Å². The Morgan fingerprint density at radius 3 is 2.72 bits per heavy atom. The molecule has 1 aromatic heterocycles. The van der Waals surface area contributed by atoms with Crippen LogP contribution < -0.4 is 14.9 Å². The van der Waals surface area contributed by atoms with Crippen LogP contribution in [0, 0.1) is 10.1 Å². The monoisotopic (exact) mass is 615 g/mol. The number of nitro benzene ring substituents is 1. The summed E-state index contributed by atoms with van der Waals surface area (Å²) in [5.41, 5.74) is 4.34. The number of carbonyl (C=O) groups excluding carboxylic acids is 1. The molecule has 0 radical (unpaired) electrons. The first-order valence-corrected chi connectivity index (χ1v) is 12.3. The van der Waals surface area contributed by atoms with Gasteiger partial charge >= 0.3 is 5.91 Å². The highest BCUT2D eigenvalue weighted by Gasteiger charge is 2.14. The lowest BCUT2D eigenvalue weighted by Gasteiger charge is -2.12. The van der Waals surface area contributed by atoms with Crippen LogP contribution in [0.3, 0.4) is 0 Å². The predicted octanol–water partition coefficient (Wildman–Crippen LogP) is 6.61. The fourth-order valence-corrected chi connectivity index (χ4v) is 4.66. The fourth-order valence-electron chi connectivity index (χ4n) is 3.32. The van der Waals surface area contributed by atoms with E-state index < -0.39 is 10.8 Å². The molecule has 1 amide bonds. The zero-order valence-electron chi connectivity index (χ0n) is 18.9. The molecule has 0 spiro atoms. The fraction of sp³-hybridized carbons (Fsp3) is 0.120. The summed E-state index contributed by atoms with van der Waals surface area (Å²) in [5, 5.41) is 15.8. The molecule has 4 rings (SSSR count). The Labute approximate surface area is 222 Å². The highest BCUT2D eigenvalue weighted by atomic mass is 79.9. The van der Waals surface area contributed by atoms with Gasteiger partial charge in [-0.3, -0.25) is 14.9 Å². The zero-order chi connectivity index (χ0) is 25.7. The molecule has 3 aromatic carbocycles. The van der Waals surface area contributed by atoms with Gasteiger partial charge in [-0.25, -0.2) is 5.43 Å². The van der Waals surface area contributed by atoms with Crippen molar-refractivity contribution in [2.45, 2.75) is 13.5 Å². The largest absolute Gasteiger partial charge is 0.490 e. The summed E-state index contributed by atoms with van der Waals surface area (Å²) < 4.78 is 18.7. The number of halogens is 2. The maximum absolute atomic E-state index is 12.5. The molecule has 36 heavy (non-hydrogen) atoms. The molecule has 0 bridgehead atoms. The van der Waals surface area contributed by atoms with Gasteiger partial charge in [-0.1, -0.05) is 28.1 Å². The zero-order valence-corrected chi connectivity index (χ0v) is 22.0. The van der Waals surface area contributed by atoms with E-state index in [2.05, 4.69) is 42.4 Å². The van der Waals surface area contributed by atoms with E-state index in [1.807, 2.05) is 19.1 Å². The van der Waals surface area contributed by atoms with E-state index in [1.165, 1.54) is 18.3 Å². The summed E-state index contributed by atoms with van der Waals surface area (Å²) in [6.45, 7) is 2.38. The van der Waals surface area contributed by atoms with Crippen molar-refractivity contribution < 1.29 is 23.6 Å². The minimum Gasteiger partial charge on any atom is -0.490 e. The average Bonchev–Trinajstić information content (AvgIpc) is 3.28. The number of nitrogens with zero attached hydrogens (tertiary/aromatic N) is 2. The lowest BCUT2D eigenvalue weighted by atomic mass is 10.2. The molecule has 1 N–H and O–H groups in total. The van der Waals surface area contributed by atoms with Gasteiger partial charge in [0, 0.05) is 22.0 Å². The predicted molar refractivity (Wildman–Crippen MR) is 142 cm³/mol. The molecule has 0 aliphatic heterocycles. The van der Waals surface area contributed by atoms with Crippen LogP contribution in [0.15, 0.2) is 79.1 Å². The first kappa shape index (κ1) is 25.4. The quantitative estimate of drug-likeness (QED) is 0.129. The maximum atomic E-state index is 12.5. The van der Waals surface area contributed by atoms with Gasteiger partial charge in [0.25, 0.3) is 5.69 Å². The van der Waals surface area contributed by atoms with Crippen LogP contribution in [-0.2, 0) is 6.61 Å². The van der Waals surface area contributed by atoms with Gasteiger partial charge in [0.1, 0.15) is 12.2 Å². The Morgan fingerprint density at radius 1 is 1.11 bits per heavy atom. The molecule has 11 heteroatoms. The van der Waals surface area contributed by atoms with Crippen LogP contribution in [0.5, 0.6) is 11.5 Å². The third-order valence-corrected chi connectivity index (χ3v) is 5.97. The van der Waals surface area contributed by atoms with Gasteiger partial charge in [0.15, 0.2) is 17.3 Å². The smallest absolute Gasteiger partial charge is 0.307 e. The van der Waals surface area contributed by atoms with Crippen LogP contribution in [0.2, 0.25) is 0 Å². The average molecular weight is 617 g/mol. The number of carbonyl (C=O) groups is 1. The Kier molecular flexibility index (Phi) is 8.01. The molecule has 0 fully saturated rings. The number of hydrogen-bond donors (Lipinski definition) is 1. The molecule has 1 heterocycles. The van der Waals surface area contributed by atoms with E-state index in [0.29, 0.717) is 34.8 Å². The standard InChI is InChI=1S/C25H19Br2N3O6/c1-2-34-22-9-15(6-7-21(22)35-14-16-4-3-5-19(8-16)30(32)33)13-28-29-25(31)23-11-17-10-18(26)12-20(27)24(17)36-23/h3-13H,2,14H2,1H3,(H,29,31)/b28-13-. The summed E-state index contributed by atoms with van der Waals surface area (Å²) in [5.74, 6) is 0.586. The molecule has 9 nitrogen and oxygen atoms in total. The van der Waals surface area contributed by atoms with E-state index in [-0.39, 0.29) is 18.1 Å². The number of non-ortho nitro benzene ring substituents is 1. The Morgan fingerprint density at radius 2 is 1.94 bits per heavy atom. The molecular formula is C25H19Br2N3O6. The Balaban J connectivity index is 1.43. The number of benzene rings is 3. The number of amides is 1. The summed E-state index contributed by atoms with van der Waals surface area (Å²) in [6, 6.07) is 16.7. The Bertz CT molecular complexity index is 1470.